The molecule has 2 N–H and O–H groups in total. The lowest BCUT2D eigenvalue weighted by molar-refractivity contribution is -0.138. The summed E-state index contributed by atoms with van der Waals surface area (Å²) in [7, 11) is 1.99. The van der Waals surface area contributed by atoms with Crippen LogP contribution in [0.2, 0.25) is 0 Å². The number of morpholine rings is 1. The minimum atomic E-state index is -0.353. The maximum atomic E-state index is 12.0. The molecule has 1 saturated carbocycles. The van der Waals surface area contributed by atoms with E-state index in [2.05, 4.69) is 10.2 Å². The van der Waals surface area contributed by atoms with E-state index in [1.54, 1.807) is 0 Å². The number of nitrogens with one attached hydrogen (secondary N) is 1. The summed E-state index contributed by atoms with van der Waals surface area (Å²) < 4.78 is 5.47. The topological polar surface area (TPSA) is 61.8 Å². The number of ether oxygens (including phenoxy) is 1. The third-order valence-electron chi connectivity index (χ3n) is 3.52. The Morgan fingerprint density at radius 1 is 1.59 bits per heavy atom. The van der Waals surface area contributed by atoms with Gasteiger partial charge in [-0.1, -0.05) is 0 Å². The molecular weight excluding hydrogens is 220 g/mol. The summed E-state index contributed by atoms with van der Waals surface area (Å²) >= 11 is 0. The van der Waals surface area contributed by atoms with Gasteiger partial charge >= 0.3 is 0 Å². The van der Waals surface area contributed by atoms with Gasteiger partial charge in [0.05, 0.1) is 6.61 Å². The van der Waals surface area contributed by atoms with Gasteiger partial charge in [-0.25, -0.2) is 0 Å². The number of amides is 1. The largest absolute Gasteiger partial charge is 0.396 e. The van der Waals surface area contributed by atoms with Crippen LogP contribution < -0.4 is 5.32 Å². The van der Waals surface area contributed by atoms with Crippen LogP contribution in [0.1, 0.15) is 19.3 Å². The maximum Gasteiger partial charge on any atom is 0.250 e. The van der Waals surface area contributed by atoms with Crippen LogP contribution in [0.25, 0.3) is 0 Å². The highest BCUT2D eigenvalue weighted by molar-refractivity contribution is 5.81. The Morgan fingerprint density at radius 2 is 2.35 bits per heavy atom. The van der Waals surface area contributed by atoms with Crippen LogP contribution in [-0.4, -0.2) is 61.4 Å². The zero-order valence-corrected chi connectivity index (χ0v) is 10.4. The lowest BCUT2D eigenvalue weighted by atomic mass is 10.1. The van der Waals surface area contributed by atoms with E-state index in [1.807, 2.05) is 7.05 Å². The number of carbonyl (C=O) groups is 1. The van der Waals surface area contributed by atoms with E-state index in [4.69, 9.17) is 9.84 Å². The van der Waals surface area contributed by atoms with Crippen LogP contribution in [0, 0.1) is 5.92 Å². The summed E-state index contributed by atoms with van der Waals surface area (Å²) in [4.78, 5) is 14.1. The van der Waals surface area contributed by atoms with Gasteiger partial charge in [-0.2, -0.15) is 0 Å². The van der Waals surface area contributed by atoms with Crippen molar-refractivity contribution in [1.82, 2.24) is 10.2 Å². The van der Waals surface area contributed by atoms with Gasteiger partial charge in [0.2, 0.25) is 0 Å². The third kappa shape index (κ3) is 3.66. The van der Waals surface area contributed by atoms with Gasteiger partial charge in [0, 0.05) is 25.7 Å². The van der Waals surface area contributed by atoms with E-state index in [1.165, 1.54) is 0 Å². The van der Waals surface area contributed by atoms with Gasteiger partial charge in [-0.3, -0.25) is 4.79 Å². The molecule has 0 aromatic carbocycles. The van der Waals surface area contributed by atoms with Crippen molar-refractivity contribution in [3.8, 4) is 0 Å². The van der Waals surface area contributed by atoms with Crippen LogP contribution in [0.15, 0.2) is 0 Å². The fraction of sp³-hybridized carbons (Fsp3) is 0.917. The van der Waals surface area contributed by atoms with Gasteiger partial charge in [-0.15, -0.1) is 0 Å². The molecule has 5 heteroatoms. The number of hydrogen-bond acceptors (Lipinski definition) is 4. The monoisotopic (exact) mass is 242 g/mol. The molecule has 1 aliphatic carbocycles. The van der Waals surface area contributed by atoms with Crippen LogP contribution >= 0.6 is 0 Å². The second-order valence-electron chi connectivity index (χ2n) is 5.09. The van der Waals surface area contributed by atoms with E-state index < -0.39 is 0 Å². The molecule has 2 unspecified atom stereocenters. The molecule has 98 valence electrons. The summed E-state index contributed by atoms with van der Waals surface area (Å²) in [5.74, 6) is 0.536. The highest BCUT2D eigenvalue weighted by atomic mass is 16.5. The summed E-state index contributed by atoms with van der Waals surface area (Å²) in [6.07, 6.45) is 2.62. The van der Waals surface area contributed by atoms with Crippen molar-refractivity contribution < 1.29 is 14.6 Å². The smallest absolute Gasteiger partial charge is 0.250 e. The summed E-state index contributed by atoms with van der Waals surface area (Å²) in [5.41, 5.74) is 0. The molecule has 0 radical (unpaired) electrons. The number of carbonyl (C=O) groups excluding carboxylic acids is 1. The van der Waals surface area contributed by atoms with Crippen molar-refractivity contribution in [3.63, 3.8) is 0 Å². The quantitative estimate of drug-likeness (QED) is 0.688. The average Bonchev–Trinajstić information content (AvgIpc) is 3.12. The Bertz CT molecular complexity index is 268. The van der Waals surface area contributed by atoms with Crippen LogP contribution in [-0.2, 0) is 9.53 Å². The van der Waals surface area contributed by atoms with E-state index in [0.717, 1.165) is 19.4 Å². The number of likely N-dealkylation sites (N-methyl/N-ethyl adjacent to an activating group) is 1. The molecule has 0 spiro atoms. The minimum Gasteiger partial charge on any atom is -0.396 e. The Labute approximate surface area is 102 Å². The van der Waals surface area contributed by atoms with Gasteiger partial charge in [0.25, 0.3) is 5.91 Å². The number of rotatable bonds is 5. The molecular formula is C12H22N2O3. The molecule has 0 aromatic heterocycles. The molecule has 2 fully saturated rings. The first kappa shape index (κ1) is 12.8. The highest BCUT2D eigenvalue weighted by Crippen LogP contribution is 2.33. The van der Waals surface area contributed by atoms with E-state index >= 15 is 0 Å². The predicted molar refractivity (Wildman–Crippen MR) is 63.6 cm³/mol. The molecule has 1 heterocycles. The number of aliphatic hydroxyl groups is 1. The lowest BCUT2D eigenvalue weighted by Crippen LogP contribution is -2.51. The summed E-state index contributed by atoms with van der Waals surface area (Å²) in [5, 5.41) is 12.0. The fourth-order valence-electron chi connectivity index (χ4n) is 2.28. The molecule has 5 nitrogen and oxygen atoms in total. The Kier molecular flexibility index (Phi) is 4.36. The van der Waals surface area contributed by atoms with Gasteiger partial charge in [0.15, 0.2) is 0 Å². The molecule has 2 rings (SSSR count). The van der Waals surface area contributed by atoms with Crippen molar-refractivity contribution in [2.45, 2.75) is 31.4 Å². The average molecular weight is 242 g/mol. The van der Waals surface area contributed by atoms with Crippen LogP contribution in [0.3, 0.4) is 0 Å². The summed E-state index contributed by atoms with van der Waals surface area (Å²) in [6.45, 7) is 2.28. The Hall–Kier alpha value is -0.650. The Balaban J connectivity index is 1.81. The van der Waals surface area contributed by atoms with E-state index in [0.29, 0.717) is 25.5 Å². The SMILES string of the molecule is CN1CCOC(C(=O)NC(CCO)C2CC2)C1. The second-order valence-corrected chi connectivity index (χ2v) is 5.09. The minimum absolute atomic E-state index is 0.0260. The van der Waals surface area contributed by atoms with Gasteiger partial charge in [0.1, 0.15) is 6.10 Å². The lowest BCUT2D eigenvalue weighted by Gasteiger charge is -2.30. The normalized spacial score (nSPS) is 27.8. The number of hydrogen-bond donors (Lipinski definition) is 2. The zero-order valence-electron chi connectivity index (χ0n) is 10.4. The standard InChI is InChI=1S/C12H22N2O3/c1-14-5-7-17-11(8-14)12(16)13-10(4-6-15)9-2-3-9/h9-11,15H,2-8H2,1H3,(H,13,16). The Morgan fingerprint density at radius 3 is 2.94 bits per heavy atom. The molecule has 17 heavy (non-hydrogen) atoms. The predicted octanol–water partition coefficient (Wildman–Crippen LogP) is -0.406. The number of nitrogens with zero attached hydrogens (tertiary/aromatic N) is 1. The van der Waals surface area contributed by atoms with Crippen LogP contribution in [0.5, 0.6) is 0 Å². The first-order valence-corrected chi connectivity index (χ1v) is 6.42. The second kappa shape index (κ2) is 5.80. The first-order chi connectivity index (χ1) is 8.20. The first-order valence-electron chi connectivity index (χ1n) is 6.42. The molecule has 0 aromatic rings. The van der Waals surface area contributed by atoms with Crippen LogP contribution in [0.4, 0.5) is 0 Å². The zero-order chi connectivity index (χ0) is 12.3. The van der Waals surface area contributed by atoms with Crippen molar-refractivity contribution >= 4 is 5.91 Å². The molecule has 1 aliphatic heterocycles. The maximum absolute atomic E-state index is 12.0. The van der Waals surface area contributed by atoms with Gasteiger partial charge in [-0.05, 0) is 32.2 Å². The highest BCUT2D eigenvalue weighted by Gasteiger charge is 2.34. The van der Waals surface area contributed by atoms with E-state index in [-0.39, 0.29) is 24.7 Å². The van der Waals surface area contributed by atoms with Crippen molar-refractivity contribution in [1.29, 1.82) is 0 Å². The molecule has 2 atom stereocenters. The molecule has 2 aliphatic rings. The van der Waals surface area contributed by atoms with Crippen molar-refractivity contribution in [2.24, 2.45) is 5.92 Å². The summed E-state index contributed by atoms with van der Waals surface area (Å²) in [6, 6.07) is 0.128. The third-order valence-corrected chi connectivity index (χ3v) is 3.52. The molecule has 0 bridgehead atoms. The molecule has 1 saturated heterocycles. The molecule has 1 amide bonds. The number of aliphatic hydroxyl groups excluding tert-OH is 1. The van der Waals surface area contributed by atoms with Crippen molar-refractivity contribution in [3.05, 3.63) is 0 Å². The fourth-order valence-corrected chi connectivity index (χ4v) is 2.28. The van der Waals surface area contributed by atoms with Gasteiger partial charge < -0.3 is 20.1 Å². The van der Waals surface area contributed by atoms with Crippen molar-refractivity contribution in [2.75, 3.05) is 33.4 Å². The van der Waals surface area contributed by atoms with E-state index in [9.17, 15) is 4.79 Å².